The summed E-state index contributed by atoms with van der Waals surface area (Å²) in [6, 6.07) is 0. The molecule has 0 aliphatic rings. The van der Waals surface area contributed by atoms with Crippen LogP contribution < -0.4 is 0 Å². The van der Waals surface area contributed by atoms with Gasteiger partial charge >= 0.3 is 0 Å². The molecule has 1 unspecified atom stereocenters. The lowest BCUT2D eigenvalue weighted by Crippen LogP contribution is -1.80. The molecule has 0 aliphatic heterocycles. The number of hydrogen-bond donors (Lipinski definition) is 0. The molecule has 0 amide bonds. The van der Waals surface area contributed by atoms with E-state index in [9.17, 15) is 0 Å². The van der Waals surface area contributed by atoms with Gasteiger partial charge in [0.25, 0.3) is 0 Å². The van der Waals surface area contributed by atoms with E-state index in [2.05, 4.69) is 22.9 Å². The van der Waals surface area contributed by atoms with Gasteiger partial charge < -0.3 is 0 Å². The van der Waals surface area contributed by atoms with E-state index < -0.39 is 0 Å². The van der Waals surface area contributed by atoms with Crippen molar-refractivity contribution in [2.45, 2.75) is 11.4 Å². The Bertz CT molecular complexity index is 10.8. The number of halogens is 1. The second kappa shape index (κ2) is 1.97. The summed E-state index contributed by atoms with van der Waals surface area (Å²) in [5.74, 6) is 0. The molecule has 26 valence electrons. The molecule has 0 N–H and O–H groups in total. The van der Waals surface area contributed by atoms with Crippen LogP contribution in [0.2, 0.25) is 0 Å². The predicted octanol–water partition coefficient (Wildman–Crippen LogP) is 0.0927. The SMILES string of the molecule is CC([SiH3])Br. The lowest BCUT2D eigenvalue weighted by Gasteiger charge is -1.76. The van der Waals surface area contributed by atoms with E-state index in [-0.39, 0.29) is 0 Å². The summed E-state index contributed by atoms with van der Waals surface area (Å²) < 4.78 is 0.785. The Kier molecular flexibility index (Phi) is 2.31. The second-order valence-electron chi connectivity index (χ2n) is 1.01. The monoisotopic (exact) mass is 138 g/mol. The Morgan fingerprint density at radius 1 is 2.00 bits per heavy atom. The van der Waals surface area contributed by atoms with Gasteiger partial charge in [0.15, 0.2) is 0 Å². The highest BCUT2D eigenvalue weighted by Crippen LogP contribution is 1.84. The Morgan fingerprint density at radius 3 is 2.00 bits per heavy atom. The van der Waals surface area contributed by atoms with Crippen molar-refractivity contribution in [3.05, 3.63) is 0 Å². The van der Waals surface area contributed by atoms with Crippen LogP contribution in [0.15, 0.2) is 0 Å². The third kappa shape index (κ3) is 16.0. The van der Waals surface area contributed by atoms with E-state index >= 15 is 0 Å². The molecule has 0 radical (unpaired) electrons. The van der Waals surface area contributed by atoms with Crippen LogP contribution in [0.25, 0.3) is 0 Å². The maximum absolute atomic E-state index is 3.33. The average molecular weight is 139 g/mol. The second-order valence-corrected chi connectivity index (χ2v) is 6.27. The lowest BCUT2D eigenvalue weighted by molar-refractivity contribution is 1.43. The summed E-state index contributed by atoms with van der Waals surface area (Å²) in [7, 11) is 1.27. The van der Waals surface area contributed by atoms with Gasteiger partial charge in [-0.3, -0.25) is 0 Å². The minimum atomic E-state index is 0.785. The molecule has 0 bridgehead atoms. The first-order valence-electron chi connectivity index (χ1n) is 1.37. The molecule has 0 aliphatic carbocycles. The predicted molar refractivity (Wildman–Crippen MR) is 28.3 cm³/mol. The Balaban J connectivity index is 2.32. The van der Waals surface area contributed by atoms with Crippen LogP contribution in [0.4, 0.5) is 0 Å². The van der Waals surface area contributed by atoms with Gasteiger partial charge in [-0.25, -0.2) is 0 Å². The maximum Gasteiger partial charge on any atom is 0.0197 e. The largest absolute Gasteiger partial charge is 0.0939 e. The molecule has 0 fully saturated rings. The topological polar surface area (TPSA) is 0 Å². The fourth-order valence-electron chi connectivity index (χ4n) is 0. The molecule has 0 saturated carbocycles. The summed E-state index contributed by atoms with van der Waals surface area (Å²) in [5, 5.41) is 0. The normalized spacial score (nSPS) is 16.5. The van der Waals surface area contributed by atoms with Crippen LogP contribution in [0.3, 0.4) is 0 Å². The lowest BCUT2D eigenvalue weighted by atomic mass is 11.0. The van der Waals surface area contributed by atoms with Gasteiger partial charge in [-0.05, 0) is 4.45 Å². The highest BCUT2D eigenvalue weighted by atomic mass is 79.9. The van der Waals surface area contributed by atoms with Crippen molar-refractivity contribution in [2.24, 2.45) is 0 Å². The van der Waals surface area contributed by atoms with E-state index in [0.717, 1.165) is 4.45 Å². The quantitative estimate of drug-likeness (QED) is 0.329. The van der Waals surface area contributed by atoms with Crippen molar-refractivity contribution >= 4 is 26.2 Å². The molecular formula is C2H7BrSi. The first-order valence-corrected chi connectivity index (χ1v) is 3.44. The molecule has 0 saturated heterocycles. The molecule has 0 nitrogen and oxygen atoms in total. The zero-order valence-corrected chi connectivity index (χ0v) is 6.54. The zero-order valence-electron chi connectivity index (χ0n) is 2.96. The molecule has 0 rings (SSSR count). The molecular weight excluding hydrogens is 132 g/mol. The summed E-state index contributed by atoms with van der Waals surface area (Å²) in [5.41, 5.74) is 0. The van der Waals surface area contributed by atoms with Gasteiger partial charge in [0.2, 0.25) is 0 Å². The molecule has 4 heavy (non-hydrogen) atoms. The van der Waals surface area contributed by atoms with Crippen LogP contribution in [0.1, 0.15) is 6.92 Å². The molecule has 2 heteroatoms. The highest BCUT2D eigenvalue weighted by Gasteiger charge is 1.71. The van der Waals surface area contributed by atoms with Crippen LogP contribution in [0.5, 0.6) is 0 Å². The Labute approximate surface area is 38.1 Å². The molecule has 0 heterocycles. The maximum atomic E-state index is 3.33. The third-order valence-corrected chi connectivity index (χ3v) is 0. The van der Waals surface area contributed by atoms with Crippen molar-refractivity contribution in [3.8, 4) is 0 Å². The van der Waals surface area contributed by atoms with E-state index in [1.165, 1.54) is 10.2 Å². The fourth-order valence-corrected chi connectivity index (χ4v) is 0. The third-order valence-electron chi connectivity index (χ3n) is 0. The smallest absolute Gasteiger partial charge is 0.0197 e. The summed E-state index contributed by atoms with van der Waals surface area (Å²) in [6.45, 7) is 2.15. The van der Waals surface area contributed by atoms with Crippen molar-refractivity contribution in [2.75, 3.05) is 0 Å². The van der Waals surface area contributed by atoms with Crippen molar-refractivity contribution in [1.82, 2.24) is 0 Å². The summed E-state index contributed by atoms with van der Waals surface area (Å²) >= 11 is 3.33. The average Bonchev–Trinajstić information content (AvgIpc) is 0.811. The number of hydrogen-bond acceptors (Lipinski definition) is 0. The zero-order chi connectivity index (χ0) is 3.58. The Morgan fingerprint density at radius 2 is 2.00 bits per heavy atom. The van der Waals surface area contributed by atoms with Crippen LogP contribution in [-0.4, -0.2) is 14.7 Å². The minimum absolute atomic E-state index is 0.785. The van der Waals surface area contributed by atoms with Crippen molar-refractivity contribution in [3.63, 3.8) is 0 Å². The highest BCUT2D eigenvalue weighted by molar-refractivity contribution is 9.10. The standard InChI is InChI=1S/C2H7BrSi/c1-2(3)4/h2H,1,4H3. The van der Waals surface area contributed by atoms with Gasteiger partial charge in [-0.1, -0.05) is 22.9 Å². The minimum Gasteiger partial charge on any atom is -0.0939 e. The number of rotatable bonds is 0. The number of alkyl halides is 1. The van der Waals surface area contributed by atoms with E-state index in [1.54, 1.807) is 0 Å². The first-order chi connectivity index (χ1) is 1.73. The van der Waals surface area contributed by atoms with Crippen molar-refractivity contribution in [1.29, 1.82) is 0 Å². The Hall–Kier alpha value is 0.697. The van der Waals surface area contributed by atoms with Crippen LogP contribution >= 0.6 is 15.9 Å². The summed E-state index contributed by atoms with van der Waals surface area (Å²) in [6.07, 6.45) is 0. The molecule has 1 atom stereocenters. The van der Waals surface area contributed by atoms with Gasteiger partial charge in [0.1, 0.15) is 0 Å². The van der Waals surface area contributed by atoms with E-state index in [4.69, 9.17) is 0 Å². The molecule has 0 aromatic carbocycles. The van der Waals surface area contributed by atoms with E-state index in [1.807, 2.05) is 0 Å². The first kappa shape index (κ1) is 4.70. The molecule has 0 spiro atoms. The van der Waals surface area contributed by atoms with Crippen LogP contribution in [0, 0.1) is 0 Å². The summed E-state index contributed by atoms with van der Waals surface area (Å²) in [4.78, 5) is 0. The van der Waals surface area contributed by atoms with E-state index in [0.29, 0.717) is 0 Å². The van der Waals surface area contributed by atoms with Crippen LogP contribution in [-0.2, 0) is 0 Å². The van der Waals surface area contributed by atoms with Gasteiger partial charge in [-0.2, -0.15) is 0 Å². The molecule has 0 aromatic heterocycles. The van der Waals surface area contributed by atoms with Crippen molar-refractivity contribution < 1.29 is 0 Å². The van der Waals surface area contributed by atoms with Gasteiger partial charge in [0, 0.05) is 10.2 Å². The molecule has 0 aromatic rings. The fraction of sp³-hybridized carbons (Fsp3) is 1.00. The van der Waals surface area contributed by atoms with Gasteiger partial charge in [-0.15, -0.1) is 0 Å². The van der Waals surface area contributed by atoms with Gasteiger partial charge in [0.05, 0.1) is 0 Å².